The van der Waals surface area contributed by atoms with Crippen LogP contribution in [0.1, 0.15) is 0 Å². The van der Waals surface area contributed by atoms with Gasteiger partial charge in [-0.05, 0) is 48.5 Å². The molecule has 1 N–H and O–H groups in total. The summed E-state index contributed by atoms with van der Waals surface area (Å²) in [6.45, 7) is 0. The van der Waals surface area contributed by atoms with Gasteiger partial charge < -0.3 is 5.32 Å². The minimum absolute atomic E-state index is 0.116. The van der Waals surface area contributed by atoms with Gasteiger partial charge in [-0.25, -0.2) is 4.39 Å². The number of amides is 1. The Balaban J connectivity index is 1.59. The van der Waals surface area contributed by atoms with Crippen LogP contribution < -0.4 is 5.32 Å². The highest BCUT2D eigenvalue weighted by molar-refractivity contribution is 7.99. The van der Waals surface area contributed by atoms with Gasteiger partial charge in [-0.3, -0.25) is 9.36 Å². The van der Waals surface area contributed by atoms with Gasteiger partial charge in [0, 0.05) is 16.9 Å². The van der Waals surface area contributed by atoms with Gasteiger partial charge in [-0.15, -0.1) is 10.2 Å². The first-order chi connectivity index (χ1) is 14.6. The Bertz CT molecular complexity index is 1170. The number of thioether (sulfide) groups is 1. The molecule has 1 aromatic heterocycles. The summed E-state index contributed by atoms with van der Waals surface area (Å²) in [5, 5.41) is 12.5. The Morgan fingerprint density at radius 3 is 2.40 bits per heavy atom. The number of anilines is 1. The van der Waals surface area contributed by atoms with Gasteiger partial charge in [0.1, 0.15) is 5.82 Å². The maximum Gasteiger partial charge on any atom is 0.234 e. The van der Waals surface area contributed by atoms with Crippen LogP contribution in [0.3, 0.4) is 0 Å². The topological polar surface area (TPSA) is 59.8 Å². The van der Waals surface area contributed by atoms with E-state index in [0.717, 1.165) is 11.3 Å². The van der Waals surface area contributed by atoms with E-state index in [-0.39, 0.29) is 17.5 Å². The molecule has 0 aliphatic rings. The molecule has 0 bridgehead atoms. The molecule has 4 rings (SSSR count). The zero-order valence-corrected chi connectivity index (χ0v) is 17.2. The molecule has 0 saturated heterocycles. The second-order valence-corrected chi connectivity index (χ2v) is 7.65. The molecule has 0 aliphatic carbocycles. The third-order valence-electron chi connectivity index (χ3n) is 4.22. The molecule has 0 saturated carbocycles. The monoisotopic (exact) mass is 438 g/mol. The van der Waals surface area contributed by atoms with Gasteiger partial charge in [-0.1, -0.05) is 53.7 Å². The van der Waals surface area contributed by atoms with Crippen LogP contribution in [0.5, 0.6) is 0 Å². The number of para-hydroxylation sites is 1. The Morgan fingerprint density at radius 1 is 0.967 bits per heavy atom. The molecule has 0 spiro atoms. The normalized spacial score (nSPS) is 10.7. The van der Waals surface area contributed by atoms with E-state index in [1.54, 1.807) is 6.07 Å². The molecule has 4 aromatic rings. The van der Waals surface area contributed by atoms with Crippen LogP contribution in [0.2, 0.25) is 5.02 Å². The first kappa shape index (κ1) is 20.1. The quantitative estimate of drug-likeness (QED) is 0.406. The van der Waals surface area contributed by atoms with Crippen LogP contribution in [-0.2, 0) is 4.79 Å². The fraction of sp³-hybridized carbons (Fsp3) is 0.0455. The fourth-order valence-electron chi connectivity index (χ4n) is 2.85. The highest BCUT2D eigenvalue weighted by atomic mass is 35.5. The number of hydrogen-bond donors (Lipinski definition) is 1. The predicted octanol–water partition coefficient (Wildman–Crippen LogP) is 5.46. The summed E-state index contributed by atoms with van der Waals surface area (Å²) in [4.78, 5) is 12.3. The molecule has 150 valence electrons. The van der Waals surface area contributed by atoms with Crippen molar-refractivity contribution in [3.8, 4) is 17.1 Å². The van der Waals surface area contributed by atoms with E-state index in [0.29, 0.717) is 21.7 Å². The van der Waals surface area contributed by atoms with Crippen molar-refractivity contribution in [2.45, 2.75) is 5.16 Å². The predicted molar refractivity (Wildman–Crippen MR) is 118 cm³/mol. The van der Waals surface area contributed by atoms with Crippen LogP contribution >= 0.6 is 23.4 Å². The third-order valence-corrected chi connectivity index (χ3v) is 5.48. The summed E-state index contributed by atoms with van der Waals surface area (Å²) < 4.78 is 14.9. The molecule has 1 amide bonds. The molecule has 1 heterocycles. The van der Waals surface area contributed by atoms with Crippen LogP contribution in [0.25, 0.3) is 17.1 Å². The average Bonchev–Trinajstić information content (AvgIpc) is 3.18. The molecule has 0 radical (unpaired) electrons. The van der Waals surface area contributed by atoms with E-state index < -0.39 is 0 Å². The Morgan fingerprint density at radius 2 is 1.67 bits per heavy atom. The van der Waals surface area contributed by atoms with Crippen LogP contribution in [0, 0.1) is 5.82 Å². The summed E-state index contributed by atoms with van der Waals surface area (Å²) in [5.74, 6) is 0.123. The summed E-state index contributed by atoms with van der Waals surface area (Å²) in [6.07, 6.45) is 0. The van der Waals surface area contributed by atoms with Gasteiger partial charge in [0.05, 0.1) is 10.8 Å². The highest BCUT2D eigenvalue weighted by Crippen LogP contribution is 2.31. The lowest BCUT2D eigenvalue weighted by molar-refractivity contribution is -0.113. The van der Waals surface area contributed by atoms with Crippen molar-refractivity contribution in [3.05, 3.63) is 89.7 Å². The molecule has 30 heavy (non-hydrogen) atoms. The number of rotatable bonds is 6. The van der Waals surface area contributed by atoms with Gasteiger partial charge >= 0.3 is 0 Å². The Labute approximate surface area is 181 Å². The van der Waals surface area contributed by atoms with E-state index in [1.165, 1.54) is 36.0 Å². The van der Waals surface area contributed by atoms with E-state index in [1.807, 2.05) is 53.1 Å². The number of nitrogens with zero attached hydrogens (tertiary/aromatic N) is 3. The maximum absolute atomic E-state index is 13.0. The van der Waals surface area contributed by atoms with E-state index in [9.17, 15) is 9.18 Å². The number of carbonyl (C=O) groups excluding carboxylic acids is 1. The molecule has 5 nitrogen and oxygen atoms in total. The number of aromatic nitrogens is 3. The minimum Gasteiger partial charge on any atom is -0.325 e. The highest BCUT2D eigenvalue weighted by Gasteiger charge is 2.18. The second-order valence-electron chi connectivity index (χ2n) is 6.30. The molecule has 0 aliphatic heterocycles. The standard InChI is InChI=1S/C22H16ClFN4OS/c23-19-9-5-4-8-18(19)21-26-27-22(28(21)17-6-2-1-3-7-17)30-14-20(29)25-16-12-10-15(24)11-13-16/h1-13H,14H2,(H,25,29). The molecule has 8 heteroatoms. The number of hydrogen-bond acceptors (Lipinski definition) is 4. The van der Waals surface area contributed by atoms with Crippen molar-refractivity contribution in [1.29, 1.82) is 0 Å². The lowest BCUT2D eigenvalue weighted by Gasteiger charge is -2.11. The lowest BCUT2D eigenvalue weighted by atomic mass is 10.2. The smallest absolute Gasteiger partial charge is 0.234 e. The van der Waals surface area contributed by atoms with Crippen molar-refractivity contribution in [1.82, 2.24) is 14.8 Å². The largest absolute Gasteiger partial charge is 0.325 e. The van der Waals surface area contributed by atoms with Crippen molar-refractivity contribution in [2.24, 2.45) is 0 Å². The van der Waals surface area contributed by atoms with Gasteiger partial charge in [-0.2, -0.15) is 0 Å². The zero-order valence-electron chi connectivity index (χ0n) is 15.6. The summed E-state index contributed by atoms with van der Waals surface area (Å²) in [6, 6.07) is 22.7. The Hall–Kier alpha value is -3.16. The number of halogens is 2. The number of nitrogens with one attached hydrogen (secondary N) is 1. The number of carbonyl (C=O) groups is 1. The molecule has 0 fully saturated rings. The van der Waals surface area contributed by atoms with Crippen molar-refractivity contribution in [3.63, 3.8) is 0 Å². The average molecular weight is 439 g/mol. The van der Waals surface area contributed by atoms with Gasteiger partial charge in [0.25, 0.3) is 0 Å². The van der Waals surface area contributed by atoms with Crippen molar-refractivity contribution < 1.29 is 9.18 Å². The van der Waals surface area contributed by atoms with Crippen molar-refractivity contribution in [2.75, 3.05) is 11.1 Å². The summed E-state index contributed by atoms with van der Waals surface area (Å²) >= 11 is 7.63. The first-order valence-electron chi connectivity index (χ1n) is 9.06. The summed E-state index contributed by atoms with van der Waals surface area (Å²) in [7, 11) is 0. The zero-order chi connectivity index (χ0) is 20.9. The van der Waals surface area contributed by atoms with E-state index in [4.69, 9.17) is 11.6 Å². The first-order valence-corrected chi connectivity index (χ1v) is 10.4. The number of benzene rings is 3. The lowest BCUT2D eigenvalue weighted by Crippen LogP contribution is -2.14. The molecular formula is C22H16ClFN4OS. The van der Waals surface area contributed by atoms with Gasteiger partial charge in [0.2, 0.25) is 5.91 Å². The second kappa shape index (κ2) is 9.11. The molecule has 0 atom stereocenters. The Kier molecular flexibility index (Phi) is 6.11. The molecule has 0 unspecified atom stereocenters. The molecular weight excluding hydrogens is 423 g/mol. The van der Waals surface area contributed by atoms with E-state index in [2.05, 4.69) is 15.5 Å². The summed E-state index contributed by atoms with van der Waals surface area (Å²) in [5.41, 5.74) is 2.14. The third kappa shape index (κ3) is 4.53. The fourth-order valence-corrected chi connectivity index (χ4v) is 3.82. The van der Waals surface area contributed by atoms with Gasteiger partial charge in [0.15, 0.2) is 11.0 Å². The molecule has 3 aromatic carbocycles. The van der Waals surface area contributed by atoms with E-state index >= 15 is 0 Å². The van der Waals surface area contributed by atoms with Crippen LogP contribution in [0.4, 0.5) is 10.1 Å². The minimum atomic E-state index is -0.356. The van der Waals surface area contributed by atoms with Crippen LogP contribution in [-0.4, -0.2) is 26.4 Å². The SMILES string of the molecule is O=C(CSc1nnc(-c2ccccc2Cl)n1-c1ccccc1)Nc1ccc(F)cc1. The van der Waals surface area contributed by atoms with Crippen molar-refractivity contribution >= 4 is 35.0 Å². The van der Waals surface area contributed by atoms with Crippen LogP contribution in [0.15, 0.2) is 84.0 Å². The maximum atomic E-state index is 13.0.